The molecule has 186 valence electrons. The fraction of sp³-hybridized carbons (Fsp3) is 0.696. The van der Waals surface area contributed by atoms with Crippen molar-refractivity contribution in [1.29, 1.82) is 0 Å². The van der Waals surface area contributed by atoms with Crippen LogP contribution in [-0.2, 0) is 26.7 Å². The number of hydrogen-bond donors (Lipinski definition) is 0. The van der Waals surface area contributed by atoms with Crippen LogP contribution in [0.3, 0.4) is 0 Å². The molecule has 1 unspecified atom stereocenters. The summed E-state index contributed by atoms with van der Waals surface area (Å²) in [5.41, 5.74) is -1.58. The Labute approximate surface area is 195 Å². The predicted octanol–water partition coefficient (Wildman–Crippen LogP) is 6.26. The molecular formula is C23H35F3N2O4Si. The lowest BCUT2D eigenvalue weighted by molar-refractivity contribution is -0.141. The van der Waals surface area contributed by atoms with E-state index < -0.39 is 37.9 Å². The molecule has 1 fully saturated rings. The topological polar surface area (TPSA) is 68.7 Å². The third-order valence-electron chi connectivity index (χ3n) is 6.04. The van der Waals surface area contributed by atoms with Crippen molar-refractivity contribution in [3.8, 4) is 0 Å². The molecule has 1 aliphatic heterocycles. The van der Waals surface area contributed by atoms with Crippen LogP contribution in [0, 0.1) is 0 Å². The molecule has 2 rings (SSSR count). The number of hydrogen-bond acceptors (Lipinski definition) is 5. The molecule has 6 nitrogen and oxygen atoms in total. The predicted molar refractivity (Wildman–Crippen MR) is 121 cm³/mol. The number of carbonyl (C=O) groups is 2. The highest BCUT2D eigenvalue weighted by atomic mass is 28.4. The highest BCUT2D eigenvalue weighted by Crippen LogP contribution is 2.39. The Kier molecular flexibility index (Phi) is 7.75. The number of halogens is 3. The fourth-order valence-corrected chi connectivity index (χ4v) is 4.15. The zero-order chi connectivity index (χ0) is 25.4. The summed E-state index contributed by atoms with van der Waals surface area (Å²) in [7, 11) is -2.32. The standard InChI is InChI=1S/C23H35F3N2O4Si/c1-21(2,3)32-20(30)28-13-9-10-17(29)19(28)15-11-12-18(23(24,25)26)27-16(15)14-31-33(7,8)22(4,5)6/h11-12,19H,9-10,13-14H2,1-8H3. The molecule has 0 aliphatic carbocycles. The van der Waals surface area contributed by atoms with Crippen molar-refractivity contribution in [2.24, 2.45) is 0 Å². The molecule has 33 heavy (non-hydrogen) atoms. The number of Topliss-reactive ketones (excluding diaryl/α,β-unsaturated/α-hetero) is 1. The number of amides is 1. The molecule has 1 saturated heterocycles. The maximum Gasteiger partial charge on any atom is 0.433 e. The number of alkyl halides is 3. The summed E-state index contributed by atoms with van der Waals surface area (Å²) in [6, 6.07) is 1.02. The number of ether oxygens (including phenoxy) is 1. The van der Waals surface area contributed by atoms with E-state index in [9.17, 15) is 22.8 Å². The van der Waals surface area contributed by atoms with Gasteiger partial charge >= 0.3 is 12.3 Å². The van der Waals surface area contributed by atoms with Gasteiger partial charge in [0.15, 0.2) is 14.1 Å². The van der Waals surface area contributed by atoms with Crippen LogP contribution < -0.4 is 0 Å². The van der Waals surface area contributed by atoms with E-state index in [-0.39, 0.29) is 41.7 Å². The van der Waals surface area contributed by atoms with Crippen LogP contribution in [-0.4, -0.2) is 42.2 Å². The third kappa shape index (κ3) is 6.78. The zero-order valence-corrected chi connectivity index (χ0v) is 21.7. The number of carbonyl (C=O) groups excluding carboxylic acids is 2. The summed E-state index contributed by atoms with van der Waals surface area (Å²) in [4.78, 5) is 30.9. The number of aromatic nitrogens is 1. The van der Waals surface area contributed by atoms with Gasteiger partial charge < -0.3 is 9.16 Å². The Balaban J connectivity index is 2.53. The van der Waals surface area contributed by atoms with Crippen molar-refractivity contribution >= 4 is 20.2 Å². The van der Waals surface area contributed by atoms with Gasteiger partial charge in [0, 0.05) is 18.5 Å². The first-order valence-electron chi connectivity index (χ1n) is 11.1. The Hall–Kier alpha value is -1.94. The lowest BCUT2D eigenvalue weighted by atomic mass is 9.93. The fourth-order valence-electron chi connectivity index (χ4n) is 3.22. The number of piperidine rings is 1. The largest absolute Gasteiger partial charge is 0.444 e. The molecule has 0 saturated carbocycles. The van der Waals surface area contributed by atoms with Crippen LogP contribution in [0.4, 0.5) is 18.0 Å². The summed E-state index contributed by atoms with van der Waals surface area (Å²) in [5.74, 6) is -0.262. The Morgan fingerprint density at radius 1 is 1.15 bits per heavy atom. The molecule has 1 aromatic rings. The SMILES string of the molecule is CC(C)(C)OC(=O)N1CCCC(=O)C1c1ccc(C(F)(F)F)nc1CO[Si](C)(C)C(C)(C)C. The zero-order valence-electron chi connectivity index (χ0n) is 20.7. The highest BCUT2D eigenvalue weighted by Gasteiger charge is 2.41. The van der Waals surface area contributed by atoms with Crippen molar-refractivity contribution in [2.75, 3.05) is 6.54 Å². The van der Waals surface area contributed by atoms with E-state index in [2.05, 4.69) is 4.98 Å². The van der Waals surface area contributed by atoms with Crippen molar-refractivity contribution in [3.05, 3.63) is 29.1 Å². The maximum absolute atomic E-state index is 13.4. The minimum atomic E-state index is -4.65. The van der Waals surface area contributed by atoms with Gasteiger partial charge in [0.25, 0.3) is 0 Å². The van der Waals surface area contributed by atoms with Crippen LogP contribution in [0.5, 0.6) is 0 Å². The normalized spacial score (nSPS) is 18.5. The van der Waals surface area contributed by atoms with E-state index in [0.717, 1.165) is 6.07 Å². The monoisotopic (exact) mass is 488 g/mol. The van der Waals surface area contributed by atoms with Gasteiger partial charge in [-0.2, -0.15) is 13.2 Å². The van der Waals surface area contributed by atoms with Crippen LogP contribution in [0.1, 0.15) is 77.4 Å². The average Bonchev–Trinajstić information content (AvgIpc) is 2.63. The van der Waals surface area contributed by atoms with E-state index >= 15 is 0 Å². The number of likely N-dealkylation sites (tertiary alicyclic amines) is 1. The quantitative estimate of drug-likeness (QED) is 0.468. The van der Waals surface area contributed by atoms with Crippen molar-refractivity contribution in [2.45, 2.75) is 96.9 Å². The van der Waals surface area contributed by atoms with Gasteiger partial charge in [-0.15, -0.1) is 0 Å². The Morgan fingerprint density at radius 3 is 2.27 bits per heavy atom. The molecule has 1 atom stereocenters. The Morgan fingerprint density at radius 2 is 1.76 bits per heavy atom. The molecule has 10 heteroatoms. The number of pyridine rings is 1. The summed E-state index contributed by atoms with van der Waals surface area (Å²) in [6.07, 6.45) is -4.66. The second-order valence-electron chi connectivity index (χ2n) is 10.9. The van der Waals surface area contributed by atoms with Gasteiger partial charge in [-0.05, 0) is 51.4 Å². The second kappa shape index (κ2) is 9.36. The molecule has 0 radical (unpaired) electrons. The van der Waals surface area contributed by atoms with Gasteiger partial charge in [-0.3, -0.25) is 9.69 Å². The van der Waals surface area contributed by atoms with Gasteiger partial charge in [-0.1, -0.05) is 26.8 Å². The minimum absolute atomic E-state index is 0.0171. The van der Waals surface area contributed by atoms with Gasteiger partial charge in [0.1, 0.15) is 17.3 Å². The van der Waals surface area contributed by atoms with Crippen LogP contribution in [0.15, 0.2) is 12.1 Å². The lowest BCUT2D eigenvalue weighted by Gasteiger charge is -2.38. The molecule has 0 spiro atoms. The minimum Gasteiger partial charge on any atom is -0.444 e. The number of rotatable bonds is 4. The lowest BCUT2D eigenvalue weighted by Crippen LogP contribution is -2.46. The Bertz CT molecular complexity index is 889. The second-order valence-corrected chi connectivity index (χ2v) is 15.7. The van der Waals surface area contributed by atoms with Gasteiger partial charge in [-0.25, -0.2) is 9.78 Å². The van der Waals surface area contributed by atoms with Crippen LogP contribution in [0.2, 0.25) is 18.1 Å². The molecule has 0 bridgehead atoms. The summed E-state index contributed by atoms with van der Waals surface area (Å²) < 4.78 is 51.9. The first-order valence-corrected chi connectivity index (χ1v) is 14.0. The molecule has 0 N–H and O–H groups in total. The van der Waals surface area contributed by atoms with E-state index in [0.29, 0.717) is 6.42 Å². The van der Waals surface area contributed by atoms with E-state index in [1.54, 1.807) is 20.8 Å². The molecule has 0 aromatic carbocycles. The molecule has 1 amide bonds. The van der Waals surface area contributed by atoms with Gasteiger partial charge in [0.05, 0.1) is 12.3 Å². The summed E-state index contributed by atoms with van der Waals surface area (Å²) >= 11 is 0. The van der Waals surface area contributed by atoms with Crippen molar-refractivity contribution < 1.29 is 31.9 Å². The first kappa shape index (κ1) is 27.3. The van der Waals surface area contributed by atoms with Crippen LogP contribution in [0.25, 0.3) is 0 Å². The van der Waals surface area contributed by atoms with E-state index in [1.807, 2.05) is 33.9 Å². The van der Waals surface area contributed by atoms with Crippen LogP contribution >= 0.6 is 0 Å². The number of ketones is 1. The van der Waals surface area contributed by atoms with E-state index in [4.69, 9.17) is 9.16 Å². The molecule has 2 heterocycles. The summed E-state index contributed by atoms with van der Waals surface area (Å²) in [5, 5.41) is -0.169. The van der Waals surface area contributed by atoms with Crippen molar-refractivity contribution in [3.63, 3.8) is 0 Å². The molecule has 1 aromatic heterocycles. The highest BCUT2D eigenvalue weighted by molar-refractivity contribution is 6.74. The molecule has 1 aliphatic rings. The summed E-state index contributed by atoms with van der Waals surface area (Å²) in [6.45, 7) is 15.3. The number of nitrogens with zero attached hydrogens (tertiary/aromatic N) is 2. The van der Waals surface area contributed by atoms with E-state index in [1.165, 1.54) is 11.0 Å². The third-order valence-corrected chi connectivity index (χ3v) is 10.5. The van der Waals surface area contributed by atoms with Crippen molar-refractivity contribution in [1.82, 2.24) is 9.88 Å². The maximum atomic E-state index is 13.4. The van der Waals surface area contributed by atoms with Gasteiger partial charge in [0.2, 0.25) is 0 Å². The first-order chi connectivity index (χ1) is 14.8. The molecular weight excluding hydrogens is 453 g/mol. The average molecular weight is 489 g/mol. The smallest absolute Gasteiger partial charge is 0.433 e.